The van der Waals surface area contributed by atoms with Crippen molar-refractivity contribution in [1.29, 1.82) is 0 Å². The molecule has 0 aromatic heterocycles. The molecule has 138 valence electrons. The lowest BCUT2D eigenvalue weighted by Crippen LogP contribution is -2.38. The molecule has 1 aromatic rings. The predicted octanol–water partition coefficient (Wildman–Crippen LogP) is 2.78. The fraction of sp³-hybridized carbons (Fsp3) is 0.611. The average Bonchev–Trinajstić information content (AvgIpc) is 3.07. The van der Waals surface area contributed by atoms with E-state index in [2.05, 4.69) is 0 Å². The van der Waals surface area contributed by atoms with E-state index in [1.54, 1.807) is 30.1 Å². The molecule has 25 heavy (non-hydrogen) atoms. The van der Waals surface area contributed by atoms with Crippen LogP contribution < -0.4 is 9.64 Å². The van der Waals surface area contributed by atoms with Crippen molar-refractivity contribution in [2.45, 2.75) is 55.9 Å². The van der Waals surface area contributed by atoms with E-state index >= 15 is 0 Å². The van der Waals surface area contributed by atoms with Gasteiger partial charge in [0.2, 0.25) is 15.9 Å². The predicted molar refractivity (Wildman–Crippen MR) is 96.4 cm³/mol. The molecule has 1 heterocycles. The van der Waals surface area contributed by atoms with Gasteiger partial charge in [-0.3, -0.25) is 4.79 Å². The Morgan fingerprint density at radius 3 is 2.48 bits per heavy atom. The normalized spacial score (nSPS) is 19.6. The molecule has 1 saturated carbocycles. The highest BCUT2D eigenvalue weighted by Gasteiger charge is 2.31. The lowest BCUT2D eigenvalue weighted by atomic mass is 9.96. The summed E-state index contributed by atoms with van der Waals surface area (Å²) >= 11 is 0. The number of sulfonamides is 1. The Morgan fingerprint density at radius 1 is 1.16 bits per heavy atom. The third kappa shape index (κ3) is 3.53. The summed E-state index contributed by atoms with van der Waals surface area (Å²) in [7, 11) is -0.401. The van der Waals surface area contributed by atoms with Crippen LogP contribution in [0.1, 0.15) is 44.9 Å². The minimum absolute atomic E-state index is 0.00785. The monoisotopic (exact) mass is 366 g/mol. The van der Waals surface area contributed by atoms with Crippen LogP contribution >= 0.6 is 0 Å². The molecule has 0 radical (unpaired) electrons. The van der Waals surface area contributed by atoms with Crippen LogP contribution in [0.5, 0.6) is 5.75 Å². The summed E-state index contributed by atoms with van der Waals surface area (Å²) in [6.07, 6.45) is 6.39. The zero-order valence-electron chi connectivity index (χ0n) is 14.9. The van der Waals surface area contributed by atoms with Gasteiger partial charge < -0.3 is 9.64 Å². The fourth-order valence-electron chi connectivity index (χ4n) is 3.75. The summed E-state index contributed by atoms with van der Waals surface area (Å²) in [5, 5.41) is 0. The highest BCUT2D eigenvalue weighted by Crippen LogP contribution is 2.35. The number of rotatable bonds is 5. The number of nitrogens with zero attached hydrogens (tertiary/aromatic N) is 2. The number of amides is 1. The minimum Gasteiger partial charge on any atom is -0.495 e. The van der Waals surface area contributed by atoms with Gasteiger partial charge in [0.1, 0.15) is 5.75 Å². The Balaban J connectivity index is 1.94. The van der Waals surface area contributed by atoms with Gasteiger partial charge in [-0.25, -0.2) is 8.42 Å². The van der Waals surface area contributed by atoms with E-state index in [0.29, 0.717) is 24.4 Å². The van der Waals surface area contributed by atoms with Crippen molar-refractivity contribution in [2.24, 2.45) is 0 Å². The van der Waals surface area contributed by atoms with Gasteiger partial charge in [0.15, 0.2) is 0 Å². The Morgan fingerprint density at radius 2 is 1.88 bits per heavy atom. The summed E-state index contributed by atoms with van der Waals surface area (Å²) in [6, 6.07) is 4.84. The number of methoxy groups -OCH3 is 1. The first-order valence-corrected chi connectivity index (χ1v) is 10.4. The molecule has 1 aliphatic heterocycles. The van der Waals surface area contributed by atoms with E-state index in [0.717, 1.165) is 32.1 Å². The van der Waals surface area contributed by atoms with Crippen molar-refractivity contribution in [3.05, 3.63) is 18.2 Å². The summed E-state index contributed by atoms with van der Waals surface area (Å²) in [4.78, 5) is 13.9. The van der Waals surface area contributed by atoms with Crippen LogP contribution in [0, 0.1) is 0 Å². The molecule has 1 saturated heterocycles. The molecule has 0 atom stereocenters. The van der Waals surface area contributed by atoms with Crippen molar-refractivity contribution in [2.75, 3.05) is 25.6 Å². The van der Waals surface area contributed by atoms with Gasteiger partial charge in [-0.15, -0.1) is 0 Å². The molecule has 2 aliphatic rings. The van der Waals surface area contributed by atoms with E-state index < -0.39 is 10.0 Å². The number of hydrogen-bond donors (Lipinski definition) is 0. The van der Waals surface area contributed by atoms with Crippen molar-refractivity contribution in [1.82, 2.24) is 4.31 Å². The third-order valence-electron chi connectivity index (χ3n) is 5.28. The minimum atomic E-state index is -3.59. The van der Waals surface area contributed by atoms with Crippen LogP contribution in [-0.4, -0.2) is 45.4 Å². The van der Waals surface area contributed by atoms with E-state index in [-0.39, 0.29) is 16.8 Å². The first-order chi connectivity index (χ1) is 11.9. The molecule has 7 heteroatoms. The molecular formula is C18H26N2O4S. The first kappa shape index (κ1) is 18.2. The second-order valence-corrected chi connectivity index (χ2v) is 8.79. The van der Waals surface area contributed by atoms with Crippen LogP contribution in [0.15, 0.2) is 23.1 Å². The Kier molecular flexibility index (Phi) is 5.34. The molecule has 0 unspecified atom stereocenters. The van der Waals surface area contributed by atoms with Crippen LogP contribution in [-0.2, 0) is 14.8 Å². The largest absolute Gasteiger partial charge is 0.495 e. The van der Waals surface area contributed by atoms with Gasteiger partial charge in [0, 0.05) is 26.1 Å². The molecule has 6 nitrogen and oxygen atoms in total. The standard InChI is InChI=1S/C18H26N2O4S/c1-19(14-7-4-3-5-8-14)25(22,23)15-10-11-17(24-2)16(13-15)20-12-6-9-18(20)21/h10-11,13-14H,3-9,12H2,1-2H3. The summed E-state index contributed by atoms with van der Waals surface area (Å²) in [5.74, 6) is 0.531. The second kappa shape index (κ2) is 7.33. The van der Waals surface area contributed by atoms with Gasteiger partial charge in [-0.1, -0.05) is 19.3 Å². The number of carbonyl (C=O) groups is 1. The average molecular weight is 366 g/mol. The lowest BCUT2D eigenvalue weighted by Gasteiger charge is -2.30. The molecule has 3 rings (SSSR count). The molecule has 0 bridgehead atoms. The van der Waals surface area contributed by atoms with Gasteiger partial charge in [0.25, 0.3) is 0 Å². The van der Waals surface area contributed by atoms with E-state index in [1.165, 1.54) is 17.8 Å². The Labute approximate surface area is 149 Å². The van der Waals surface area contributed by atoms with E-state index in [9.17, 15) is 13.2 Å². The van der Waals surface area contributed by atoms with Crippen molar-refractivity contribution in [3.8, 4) is 5.75 Å². The van der Waals surface area contributed by atoms with Gasteiger partial charge >= 0.3 is 0 Å². The Hall–Kier alpha value is -1.60. The maximum atomic E-state index is 13.1. The maximum Gasteiger partial charge on any atom is 0.243 e. The zero-order chi connectivity index (χ0) is 18.0. The van der Waals surface area contributed by atoms with Crippen LogP contribution in [0.25, 0.3) is 0 Å². The molecular weight excluding hydrogens is 340 g/mol. The van der Waals surface area contributed by atoms with Crippen molar-refractivity contribution in [3.63, 3.8) is 0 Å². The zero-order valence-corrected chi connectivity index (χ0v) is 15.7. The molecule has 0 spiro atoms. The second-order valence-electron chi connectivity index (χ2n) is 6.80. The van der Waals surface area contributed by atoms with Crippen LogP contribution in [0.3, 0.4) is 0 Å². The van der Waals surface area contributed by atoms with Gasteiger partial charge in [-0.05, 0) is 37.5 Å². The van der Waals surface area contributed by atoms with Crippen molar-refractivity contribution >= 4 is 21.6 Å². The molecule has 1 aliphatic carbocycles. The summed E-state index contributed by atoms with van der Waals surface area (Å²) in [6.45, 7) is 0.594. The van der Waals surface area contributed by atoms with Gasteiger partial charge in [-0.2, -0.15) is 4.31 Å². The number of ether oxygens (including phenoxy) is 1. The summed E-state index contributed by atoms with van der Waals surface area (Å²) < 4.78 is 33.0. The SMILES string of the molecule is COc1ccc(S(=O)(=O)N(C)C2CCCCC2)cc1N1CCCC1=O. The molecule has 1 amide bonds. The number of benzene rings is 1. The lowest BCUT2D eigenvalue weighted by molar-refractivity contribution is -0.117. The molecule has 0 N–H and O–H groups in total. The van der Waals surface area contributed by atoms with E-state index in [4.69, 9.17) is 4.74 Å². The number of hydrogen-bond acceptors (Lipinski definition) is 4. The Bertz CT molecular complexity index is 741. The van der Waals surface area contributed by atoms with Crippen LogP contribution in [0.4, 0.5) is 5.69 Å². The number of anilines is 1. The van der Waals surface area contributed by atoms with Crippen LogP contribution in [0.2, 0.25) is 0 Å². The summed E-state index contributed by atoms with van der Waals surface area (Å²) in [5.41, 5.74) is 0.545. The quantitative estimate of drug-likeness (QED) is 0.804. The third-order valence-corrected chi connectivity index (χ3v) is 7.19. The van der Waals surface area contributed by atoms with Crippen molar-refractivity contribution < 1.29 is 17.9 Å². The fourth-order valence-corrected chi connectivity index (χ4v) is 5.19. The smallest absolute Gasteiger partial charge is 0.243 e. The topological polar surface area (TPSA) is 66.9 Å². The maximum absolute atomic E-state index is 13.1. The highest BCUT2D eigenvalue weighted by molar-refractivity contribution is 7.89. The highest BCUT2D eigenvalue weighted by atomic mass is 32.2. The molecule has 1 aromatic carbocycles. The first-order valence-electron chi connectivity index (χ1n) is 8.91. The molecule has 2 fully saturated rings. The van der Waals surface area contributed by atoms with Gasteiger partial charge in [0.05, 0.1) is 17.7 Å². The van der Waals surface area contributed by atoms with E-state index in [1.807, 2.05) is 0 Å². The number of carbonyl (C=O) groups excluding carboxylic acids is 1.